The molecular formula is C16H24N2O. The summed E-state index contributed by atoms with van der Waals surface area (Å²) in [5.41, 5.74) is 6.74. The Hall–Kier alpha value is -1.35. The third-order valence-corrected chi connectivity index (χ3v) is 4.08. The number of benzene rings is 1. The molecule has 1 unspecified atom stereocenters. The quantitative estimate of drug-likeness (QED) is 0.825. The van der Waals surface area contributed by atoms with Crippen molar-refractivity contribution in [3.05, 3.63) is 35.9 Å². The summed E-state index contributed by atoms with van der Waals surface area (Å²) in [5.74, 6) is 0.657. The highest BCUT2D eigenvalue weighted by molar-refractivity contribution is 5.83. The highest BCUT2D eigenvalue weighted by atomic mass is 16.1. The van der Waals surface area contributed by atoms with Gasteiger partial charge in [0.15, 0.2) is 0 Å². The average molecular weight is 260 g/mol. The number of carbonyl (C=O) groups is 1. The maximum absolute atomic E-state index is 12.2. The van der Waals surface area contributed by atoms with Gasteiger partial charge in [0.2, 0.25) is 5.91 Å². The Morgan fingerprint density at radius 1 is 1.26 bits per heavy atom. The first-order valence-corrected chi connectivity index (χ1v) is 7.34. The van der Waals surface area contributed by atoms with Gasteiger partial charge in [0.25, 0.3) is 0 Å². The van der Waals surface area contributed by atoms with Crippen LogP contribution in [-0.2, 0) is 4.79 Å². The van der Waals surface area contributed by atoms with Gasteiger partial charge >= 0.3 is 0 Å². The zero-order chi connectivity index (χ0) is 13.5. The summed E-state index contributed by atoms with van der Waals surface area (Å²) in [6, 6.07) is 9.78. The van der Waals surface area contributed by atoms with Gasteiger partial charge in [0.05, 0.1) is 5.92 Å². The lowest BCUT2D eigenvalue weighted by molar-refractivity contribution is -0.122. The van der Waals surface area contributed by atoms with Crippen LogP contribution in [-0.4, -0.2) is 19.0 Å². The number of rotatable bonds is 6. The Morgan fingerprint density at radius 3 is 2.58 bits per heavy atom. The molecule has 0 heterocycles. The monoisotopic (exact) mass is 260 g/mol. The van der Waals surface area contributed by atoms with E-state index < -0.39 is 0 Å². The van der Waals surface area contributed by atoms with Crippen LogP contribution in [0, 0.1) is 5.92 Å². The van der Waals surface area contributed by atoms with E-state index in [9.17, 15) is 4.79 Å². The van der Waals surface area contributed by atoms with Crippen LogP contribution in [0.15, 0.2) is 30.3 Å². The van der Waals surface area contributed by atoms with Gasteiger partial charge in [-0.2, -0.15) is 0 Å². The first-order valence-electron chi connectivity index (χ1n) is 7.34. The minimum absolute atomic E-state index is 0.0618. The summed E-state index contributed by atoms with van der Waals surface area (Å²) in [7, 11) is 0. The lowest BCUT2D eigenvalue weighted by Gasteiger charge is -2.16. The molecule has 104 valence electrons. The van der Waals surface area contributed by atoms with Crippen molar-refractivity contribution in [2.75, 3.05) is 13.1 Å². The van der Waals surface area contributed by atoms with Crippen molar-refractivity contribution in [1.29, 1.82) is 0 Å². The Balaban J connectivity index is 1.80. The van der Waals surface area contributed by atoms with E-state index in [4.69, 9.17) is 5.73 Å². The molecule has 0 spiro atoms. The van der Waals surface area contributed by atoms with Crippen LogP contribution in [0.5, 0.6) is 0 Å². The van der Waals surface area contributed by atoms with Crippen molar-refractivity contribution in [3.63, 3.8) is 0 Å². The number of carbonyl (C=O) groups excluding carboxylic acids is 1. The minimum Gasteiger partial charge on any atom is -0.356 e. The number of nitrogens with one attached hydrogen (secondary N) is 1. The molecule has 0 aliphatic heterocycles. The molecule has 3 nitrogen and oxygen atoms in total. The SMILES string of the molecule is NCC(C(=O)NCCC1CCCC1)c1ccccc1. The molecule has 19 heavy (non-hydrogen) atoms. The van der Waals surface area contributed by atoms with Gasteiger partial charge in [-0.25, -0.2) is 0 Å². The minimum atomic E-state index is -0.218. The number of hydrogen-bond donors (Lipinski definition) is 2. The fourth-order valence-electron chi connectivity index (χ4n) is 2.90. The maximum Gasteiger partial charge on any atom is 0.228 e. The van der Waals surface area contributed by atoms with E-state index in [-0.39, 0.29) is 11.8 Å². The van der Waals surface area contributed by atoms with Gasteiger partial charge < -0.3 is 11.1 Å². The molecule has 1 aliphatic carbocycles. The zero-order valence-electron chi connectivity index (χ0n) is 11.5. The number of nitrogens with two attached hydrogens (primary N) is 1. The predicted octanol–water partition coefficient (Wildman–Crippen LogP) is 2.43. The fourth-order valence-corrected chi connectivity index (χ4v) is 2.90. The van der Waals surface area contributed by atoms with Crippen molar-refractivity contribution >= 4 is 5.91 Å². The fraction of sp³-hybridized carbons (Fsp3) is 0.562. The van der Waals surface area contributed by atoms with Crippen LogP contribution in [0.2, 0.25) is 0 Å². The van der Waals surface area contributed by atoms with Gasteiger partial charge in [0, 0.05) is 13.1 Å². The number of hydrogen-bond acceptors (Lipinski definition) is 2. The molecule has 1 aromatic rings. The molecule has 1 fully saturated rings. The summed E-state index contributed by atoms with van der Waals surface area (Å²) in [4.78, 5) is 12.2. The molecule has 1 aromatic carbocycles. The van der Waals surface area contributed by atoms with Crippen LogP contribution in [0.1, 0.15) is 43.6 Å². The molecule has 3 N–H and O–H groups in total. The van der Waals surface area contributed by atoms with Crippen LogP contribution < -0.4 is 11.1 Å². The molecule has 1 saturated carbocycles. The lowest BCUT2D eigenvalue weighted by Crippen LogP contribution is -2.34. The van der Waals surface area contributed by atoms with Crippen LogP contribution in [0.4, 0.5) is 0 Å². The largest absolute Gasteiger partial charge is 0.356 e. The van der Waals surface area contributed by atoms with Crippen LogP contribution in [0.25, 0.3) is 0 Å². The van der Waals surface area contributed by atoms with E-state index in [2.05, 4.69) is 5.32 Å². The molecule has 1 aliphatic rings. The van der Waals surface area contributed by atoms with E-state index in [0.717, 1.165) is 24.4 Å². The van der Waals surface area contributed by atoms with E-state index in [1.807, 2.05) is 30.3 Å². The molecule has 2 rings (SSSR count). The Morgan fingerprint density at radius 2 is 1.95 bits per heavy atom. The summed E-state index contributed by atoms with van der Waals surface area (Å²) in [6.45, 7) is 1.14. The predicted molar refractivity (Wildman–Crippen MR) is 77.8 cm³/mol. The van der Waals surface area contributed by atoms with E-state index in [0.29, 0.717) is 6.54 Å². The van der Waals surface area contributed by atoms with Crippen molar-refractivity contribution in [1.82, 2.24) is 5.32 Å². The highest BCUT2D eigenvalue weighted by Gasteiger charge is 2.19. The number of amides is 1. The van der Waals surface area contributed by atoms with E-state index >= 15 is 0 Å². The average Bonchev–Trinajstić information content (AvgIpc) is 2.94. The van der Waals surface area contributed by atoms with Gasteiger partial charge in [-0.15, -0.1) is 0 Å². The van der Waals surface area contributed by atoms with Crippen LogP contribution >= 0.6 is 0 Å². The van der Waals surface area contributed by atoms with Gasteiger partial charge in [-0.1, -0.05) is 56.0 Å². The molecule has 1 amide bonds. The molecule has 0 saturated heterocycles. The van der Waals surface area contributed by atoms with Crippen molar-refractivity contribution in [2.24, 2.45) is 11.7 Å². The van der Waals surface area contributed by atoms with Crippen molar-refractivity contribution in [2.45, 2.75) is 38.0 Å². The molecule has 0 radical (unpaired) electrons. The maximum atomic E-state index is 12.2. The lowest BCUT2D eigenvalue weighted by atomic mass is 9.98. The van der Waals surface area contributed by atoms with Crippen molar-refractivity contribution < 1.29 is 4.79 Å². The van der Waals surface area contributed by atoms with Crippen molar-refractivity contribution in [3.8, 4) is 0 Å². The third kappa shape index (κ3) is 4.06. The zero-order valence-corrected chi connectivity index (χ0v) is 11.5. The molecule has 1 atom stereocenters. The third-order valence-electron chi connectivity index (χ3n) is 4.08. The first kappa shape index (κ1) is 14.1. The van der Waals surface area contributed by atoms with E-state index in [1.54, 1.807) is 0 Å². The highest BCUT2D eigenvalue weighted by Crippen LogP contribution is 2.27. The summed E-state index contributed by atoms with van der Waals surface area (Å²) < 4.78 is 0. The molecular weight excluding hydrogens is 236 g/mol. The summed E-state index contributed by atoms with van der Waals surface area (Å²) in [5, 5.41) is 3.04. The second-order valence-corrected chi connectivity index (χ2v) is 5.43. The van der Waals surface area contributed by atoms with Gasteiger partial charge in [0.1, 0.15) is 0 Å². The molecule has 0 aromatic heterocycles. The Labute approximate surface area is 115 Å². The van der Waals surface area contributed by atoms with Gasteiger partial charge in [-0.05, 0) is 17.9 Å². The Bertz CT molecular complexity index is 385. The summed E-state index contributed by atoms with van der Waals surface area (Å²) in [6.07, 6.45) is 6.48. The first-order chi connectivity index (χ1) is 9.31. The topological polar surface area (TPSA) is 55.1 Å². The Kier molecular flexibility index (Phi) is 5.40. The smallest absolute Gasteiger partial charge is 0.228 e. The second kappa shape index (κ2) is 7.29. The summed E-state index contributed by atoms with van der Waals surface area (Å²) >= 11 is 0. The van der Waals surface area contributed by atoms with E-state index in [1.165, 1.54) is 25.7 Å². The standard InChI is InChI=1S/C16H24N2O/c17-12-15(14-8-2-1-3-9-14)16(19)18-11-10-13-6-4-5-7-13/h1-3,8-9,13,15H,4-7,10-12,17H2,(H,18,19). The van der Waals surface area contributed by atoms with Gasteiger partial charge in [-0.3, -0.25) is 4.79 Å². The normalized spacial score (nSPS) is 17.3. The second-order valence-electron chi connectivity index (χ2n) is 5.43. The molecule has 3 heteroatoms. The van der Waals surface area contributed by atoms with Crippen LogP contribution in [0.3, 0.4) is 0 Å². The molecule has 0 bridgehead atoms.